The molecule has 0 saturated carbocycles. The number of halogens is 2. The van der Waals surface area contributed by atoms with E-state index in [1.165, 1.54) is 0 Å². The summed E-state index contributed by atoms with van der Waals surface area (Å²) < 4.78 is 3.83. The van der Waals surface area contributed by atoms with Crippen LogP contribution in [0.1, 0.15) is 32.1 Å². The zero-order valence-corrected chi connectivity index (χ0v) is 19.0. The van der Waals surface area contributed by atoms with Gasteiger partial charge in [-0.15, -0.1) is 0 Å². The molecule has 0 aliphatic rings. The van der Waals surface area contributed by atoms with Crippen molar-refractivity contribution in [2.24, 2.45) is 0 Å². The van der Waals surface area contributed by atoms with Crippen LogP contribution in [0, 0.1) is 13.8 Å². The van der Waals surface area contributed by atoms with E-state index >= 15 is 0 Å². The number of nitrogens with zero attached hydrogens (tertiary/aromatic N) is 2. The number of carbonyl (C=O) groups excluding carboxylic acids is 2. The average Bonchev–Trinajstić information content (AvgIpc) is 2.65. The normalized spacial score (nSPS) is 9.79. The minimum absolute atomic E-state index is 0. The van der Waals surface area contributed by atoms with Crippen molar-refractivity contribution in [3.63, 3.8) is 0 Å². The fraction of sp³-hybridized carbons (Fsp3) is 0.182. The van der Waals surface area contributed by atoms with Crippen LogP contribution in [0.2, 0.25) is 0 Å². The first-order chi connectivity index (χ1) is 12.5. The highest BCUT2D eigenvalue weighted by Crippen LogP contribution is 2.07. The van der Waals surface area contributed by atoms with Gasteiger partial charge in [-0.05, 0) is 0 Å². The van der Waals surface area contributed by atoms with Gasteiger partial charge in [0.1, 0.15) is 0 Å². The van der Waals surface area contributed by atoms with Gasteiger partial charge in [-0.2, -0.15) is 9.13 Å². The standard InChI is InChI=1S/C22H22N2O2.2BrH/c1-17-7-3-5-13-23(17)15-21(25)19-9-11-20(12-10-19)22(26)16-24-14-6-4-8-18(24)2;;/h3-14H,15-16H2,1-2H3;2*1H/q+2;;/p-2. The van der Waals surface area contributed by atoms with Crippen LogP contribution in [-0.4, -0.2) is 11.6 Å². The quantitative estimate of drug-likeness (QED) is 0.259. The van der Waals surface area contributed by atoms with Crippen LogP contribution in [0.25, 0.3) is 0 Å². The molecule has 0 aliphatic carbocycles. The average molecular weight is 506 g/mol. The highest BCUT2D eigenvalue weighted by molar-refractivity contribution is 5.98. The van der Waals surface area contributed by atoms with E-state index in [1.807, 2.05) is 71.8 Å². The predicted molar refractivity (Wildman–Crippen MR) is 97.9 cm³/mol. The van der Waals surface area contributed by atoms with Crippen molar-refractivity contribution in [1.29, 1.82) is 0 Å². The molecule has 2 heterocycles. The molecule has 0 fully saturated rings. The first-order valence-corrected chi connectivity index (χ1v) is 8.61. The summed E-state index contributed by atoms with van der Waals surface area (Å²) in [5, 5.41) is 0. The highest BCUT2D eigenvalue weighted by Gasteiger charge is 2.17. The third-order valence-corrected chi connectivity index (χ3v) is 4.49. The van der Waals surface area contributed by atoms with Crippen LogP contribution in [-0.2, 0) is 13.1 Å². The first-order valence-electron chi connectivity index (χ1n) is 8.61. The smallest absolute Gasteiger partial charge is 0.227 e. The number of aryl methyl sites for hydroxylation is 2. The van der Waals surface area contributed by atoms with Gasteiger partial charge in [0.25, 0.3) is 0 Å². The number of pyridine rings is 2. The second kappa shape index (κ2) is 11.0. The maximum absolute atomic E-state index is 12.5. The maximum atomic E-state index is 12.5. The van der Waals surface area contributed by atoms with Gasteiger partial charge in [-0.1, -0.05) is 36.4 Å². The molecule has 0 bridgehead atoms. The summed E-state index contributed by atoms with van der Waals surface area (Å²) in [6.07, 6.45) is 3.79. The third-order valence-electron chi connectivity index (χ3n) is 4.49. The summed E-state index contributed by atoms with van der Waals surface area (Å²) in [6.45, 7) is 4.52. The van der Waals surface area contributed by atoms with E-state index in [0.717, 1.165) is 11.4 Å². The Bertz CT molecular complexity index is 878. The number of ketones is 2. The van der Waals surface area contributed by atoms with Crippen LogP contribution < -0.4 is 43.1 Å². The zero-order chi connectivity index (χ0) is 18.5. The summed E-state index contributed by atoms with van der Waals surface area (Å²) >= 11 is 0. The predicted octanol–water partition coefficient (Wildman–Crippen LogP) is -3.35. The van der Waals surface area contributed by atoms with Gasteiger partial charge in [0.2, 0.25) is 24.7 Å². The van der Waals surface area contributed by atoms with Crippen LogP contribution in [0.3, 0.4) is 0 Å². The summed E-state index contributed by atoms with van der Waals surface area (Å²) in [7, 11) is 0. The number of aromatic nitrogens is 2. The minimum atomic E-state index is 0. The van der Waals surface area contributed by atoms with Gasteiger partial charge in [0.05, 0.1) is 0 Å². The molecule has 0 amide bonds. The molecular weight excluding hydrogens is 484 g/mol. The molecule has 3 rings (SSSR count). The van der Waals surface area contributed by atoms with Crippen molar-refractivity contribution >= 4 is 11.6 Å². The van der Waals surface area contributed by atoms with E-state index in [4.69, 9.17) is 0 Å². The Morgan fingerprint density at radius 3 is 1.32 bits per heavy atom. The molecule has 28 heavy (non-hydrogen) atoms. The Labute approximate surface area is 186 Å². The van der Waals surface area contributed by atoms with Crippen molar-refractivity contribution in [3.05, 3.63) is 95.6 Å². The Morgan fingerprint density at radius 2 is 1.00 bits per heavy atom. The Balaban J connectivity index is 0.00000196. The second-order valence-corrected chi connectivity index (χ2v) is 6.36. The second-order valence-electron chi connectivity index (χ2n) is 6.36. The van der Waals surface area contributed by atoms with Gasteiger partial charge in [-0.25, -0.2) is 0 Å². The Kier molecular flexibility index (Phi) is 9.35. The molecule has 0 N–H and O–H groups in total. The lowest BCUT2D eigenvalue weighted by molar-refractivity contribution is -0.689. The van der Waals surface area contributed by atoms with Crippen LogP contribution >= 0.6 is 0 Å². The van der Waals surface area contributed by atoms with E-state index in [2.05, 4.69) is 0 Å². The summed E-state index contributed by atoms with van der Waals surface area (Å²) in [4.78, 5) is 24.9. The molecule has 3 aromatic rings. The molecule has 0 aliphatic heterocycles. The molecular formula is C22H22Br2N2O2. The molecule has 0 unspecified atom stereocenters. The molecule has 0 saturated heterocycles. The SMILES string of the molecule is Cc1cccc[n+]1CC(=O)c1ccc(C(=O)C[n+]2ccccc2C)cc1.[Br-].[Br-]. The fourth-order valence-electron chi connectivity index (χ4n) is 2.81. The number of rotatable bonds is 6. The number of hydrogen-bond acceptors (Lipinski definition) is 2. The van der Waals surface area contributed by atoms with Gasteiger partial charge in [-0.3, -0.25) is 9.59 Å². The molecule has 0 radical (unpaired) electrons. The molecule has 0 atom stereocenters. The molecule has 4 nitrogen and oxygen atoms in total. The van der Waals surface area contributed by atoms with Gasteiger partial charge in [0.15, 0.2) is 23.8 Å². The lowest BCUT2D eigenvalue weighted by atomic mass is 10.1. The Hall–Kier alpha value is -2.18. The van der Waals surface area contributed by atoms with Crippen molar-refractivity contribution in [2.75, 3.05) is 0 Å². The zero-order valence-electron chi connectivity index (χ0n) is 15.8. The summed E-state index contributed by atoms with van der Waals surface area (Å²) in [6, 6.07) is 18.6. The van der Waals surface area contributed by atoms with Crippen molar-refractivity contribution in [2.45, 2.75) is 26.9 Å². The lowest BCUT2D eigenvalue weighted by Crippen LogP contribution is -3.00. The van der Waals surface area contributed by atoms with E-state index in [0.29, 0.717) is 24.2 Å². The van der Waals surface area contributed by atoms with Crippen molar-refractivity contribution in [3.8, 4) is 0 Å². The first kappa shape index (κ1) is 23.9. The van der Waals surface area contributed by atoms with Crippen molar-refractivity contribution in [1.82, 2.24) is 0 Å². The molecule has 0 spiro atoms. The number of benzene rings is 1. The molecule has 6 heteroatoms. The molecule has 1 aromatic carbocycles. The monoisotopic (exact) mass is 504 g/mol. The van der Waals surface area contributed by atoms with Crippen LogP contribution in [0.5, 0.6) is 0 Å². The summed E-state index contributed by atoms with van der Waals surface area (Å²) in [5.74, 6) is 0.0492. The van der Waals surface area contributed by atoms with Gasteiger partial charge < -0.3 is 34.0 Å². The van der Waals surface area contributed by atoms with E-state index in [9.17, 15) is 9.59 Å². The van der Waals surface area contributed by atoms with Gasteiger partial charge >= 0.3 is 0 Å². The van der Waals surface area contributed by atoms with Gasteiger partial charge in [0, 0.05) is 49.2 Å². The lowest BCUT2D eigenvalue weighted by Gasteiger charge is -2.03. The third kappa shape index (κ3) is 5.91. The fourth-order valence-corrected chi connectivity index (χ4v) is 2.81. The topological polar surface area (TPSA) is 41.9 Å². The van der Waals surface area contributed by atoms with Crippen molar-refractivity contribution < 1.29 is 52.7 Å². The number of hydrogen-bond donors (Lipinski definition) is 0. The number of carbonyl (C=O) groups is 2. The van der Waals surface area contributed by atoms with E-state index in [1.54, 1.807) is 24.3 Å². The number of Topliss-reactive ketones (excluding diaryl/α,β-unsaturated/α-hetero) is 2. The molecule has 146 valence electrons. The summed E-state index contributed by atoms with van der Waals surface area (Å²) in [5.41, 5.74) is 3.28. The van der Waals surface area contributed by atoms with Crippen LogP contribution in [0.4, 0.5) is 0 Å². The van der Waals surface area contributed by atoms with E-state index in [-0.39, 0.29) is 45.5 Å². The molecule has 2 aromatic heterocycles. The highest BCUT2D eigenvalue weighted by atomic mass is 79.9. The van der Waals surface area contributed by atoms with Crippen LogP contribution in [0.15, 0.2) is 73.1 Å². The minimum Gasteiger partial charge on any atom is -1.00 e. The largest absolute Gasteiger partial charge is 1.00 e. The van der Waals surface area contributed by atoms with E-state index < -0.39 is 0 Å². The maximum Gasteiger partial charge on any atom is 0.227 e. The Morgan fingerprint density at radius 1 is 0.643 bits per heavy atom.